The SMILES string of the molecule is CC#Cc1cccc(-n2nnn(C)c2=O)c1COc1cc(F)ccc1C(F)(F)F. The summed E-state index contributed by atoms with van der Waals surface area (Å²) < 4.78 is 60.5. The molecule has 0 atom stereocenters. The van der Waals surface area contributed by atoms with Gasteiger partial charge in [0.25, 0.3) is 0 Å². The number of benzene rings is 2. The van der Waals surface area contributed by atoms with Gasteiger partial charge in [0, 0.05) is 24.2 Å². The topological polar surface area (TPSA) is 61.9 Å². The average molecular weight is 406 g/mol. The zero-order chi connectivity index (χ0) is 21.2. The lowest BCUT2D eigenvalue weighted by atomic mass is 10.1. The van der Waals surface area contributed by atoms with E-state index in [0.717, 1.165) is 9.36 Å². The van der Waals surface area contributed by atoms with Gasteiger partial charge in [-0.25, -0.2) is 9.18 Å². The number of aromatic nitrogens is 4. The highest BCUT2D eigenvalue weighted by Crippen LogP contribution is 2.37. The Morgan fingerprint density at radius 1 is 1.17 bits per heavy atom. The molecule has 0 amide bonds. The largest absolute Gasteiger partial charge is 0.488 e. The molecule has 29 heavy (non-hydrogen) atoms. The Balaban J connectivity index is 2.08. The van der Waals surface area contributed by atoms with Crippen LogP contribution in [0.25, 0.3) is 5.69 Å². The normalized spacial score (nSPS) is 11.1. The first-order valence-electron chi connectivity index (χ1n) is 8.26. The molecule has 0 aliphatic heterocycles. The molecule has 0 spiro atoms. The van der Waals surface area contributed by atoms with E-state index >= 15 is 0 Å². The third kappa shape index (κ3) is 4.13. The van der Waals surface area contributed by atoms with E-state index in [4.69, 9.17) is 4.74 Å². The summed E-state index contributed by atoms with van der Waals surface area (Å²) in [6, 6.07) is 6.74. The van der Waals surface area contributed by atoms with E-state index in [2.05, 4.69) is 22.3 Å². The second kappa shape index (κ2) is 7.79. The number of aryl methyl sites for hydroxylation is 1. The molecule has 0 N–H and O–H groups in total. The van der Waals surface area contributed by atoms with E-state index in [1.807, 2.05) is 0 Å². The van der Waals surface area contributed by atoms with Crippen molar-refractivity contribution in [1.82, 2.24) is 19.8 Å². The zero-order valence-electron chi connectivity index (χ0n) is 15.3. The summed E-state index contributed by atoms with van der Waals surface area (Å²) >= 11 is 0. The quantitative estimate of drug-likeness (QED) is 0.494. The molecule has 2 aromatic carbocycles. The van der Waals surface area contributed by atoms with Crippen molar-refractivity contribution < 1.29 is 22.3 Å². The number of hydrogen-bond donors (Lipinski definition) is 0. The van der Waals surface area contributed by atoms with Gasteiger partial charge >= 0.3 is 11.9 Å². The number of tetrazole rings is 1. The Kier molecular flexibility index (Phi) is 5.41. The van der Waals surface area contributed by atoms with Crippen LogP contribution in [0.4, 0.5) is 17.6 Å². The molecule has 1 heterocycles. The van der Waals surface area contributed by atoms with Crippen LogP contribution in [0.5, 0.6) is 5.75 Å². The van der Waals surface area contributed by atoms with E-state index in [1.165, 1.54) is 13.1 Å². The minimum atomic E-state index is -4.73. The van der Waals surface area contributed by atoms with Gasteiger partial charge in [0.05, 0.1) is 11.3 Å². The molecule has 3 rings (SSSR count). The summed E-state index contributed by atoms with van der Waals surface area (Å²) in [5.74, 6) is 3.95. The molecular formula is C19H14F4N4O2. The minimum Gasteiger partial charge on any atom is -0.488 e. The standard InChI is InChI=1S/C19H14F4N4O2/c1-3-5-12-6-4-7-16(27-18(28)26(2)24-25-27)14(12)11-29-17-10-13(20)8-9-15(17)19(21,22)23/h4,6-10H,11H2,1-2H3. The smallest absolute Gasteiger partial charge is 0.419 e. The molecule has 0 saturated heterocycles. The van der Waals surface area contributed by atoms with Gasteiger partial charge in [-0.05, 0) is 41.6 Å². The highest BCUT2D eigenvalue weighted by molar-refractivity contribution is 5.52. The van der Waals surface area contributed by atoms with E-state index in [0.29, 0.717) is 29.3 Å². The fourth-order valence-electron chi connectivity index (χ4n) is 2.64. The maximum atomic E-state index is 13.5. The van der Waals surface area contributed by atoms with Crippen LogP contribution >= 0.6 is 0 Å². The second-order valence-electron chi connectivity index (χ2n) is 5.90. The first-order valence-corrected chi connectivity index (χ1v) is 8.26. The van der Waals surface area contributed by atoms with Crippen LogP contribution in [-0.4, -0.2) is 19.8 Å². The molecular weight excluding hydrogens is 392 g/mol. The van der Waals surface area contributed by atoms with Gasteiger partial charge in [0.2, 0.25) is 0 Å². The van der Waals surface area contributed by atoms with Crippen molar-refractivity contribution in [2.45, 2.75) is 19.7 Å². The predicted octanol–water partition coefficient (Wildman–Crippen LogP) is 3.07. The van der Waals surface area contributed by atoms with Crippen LogP contribution < -0.4 is 10.4 Å². The monoisotopic (exact) mass is 406 g/mol. The minimum absolute atomic E-state index is 0.244. The van der Waals surface area contributed by atoms with Crippen molar-refractivity contribution in [3.8, 4) is 23.3 Å². The molecule has 1 aromatic heterocycles. The van der Waals surface area contributed by atoms with Gasteiger partial charge in [0.1, 0.15) is 18.2 Å². The van der Waals surface area contributed by atoms with Gasteiger partial charge in [0.15, 0.2) is 0 Å². The van der Waals surface area contributed by atoms with Crippen LogP contribution in [0, 0.1) is 17.7 Å². The molecule has 0 aliphatic rings. The number of nitrogens with zero attached hydrogens (tertiary/aromatic N) is 4. The predicted molar refractivity (Wildman–Crippen MR) is 94.9 cm³/mol. The van der Waals surface area contributed by atoms with Crippen LogP contribution in [-0.2, 0) is 19.8 Å². The van der Waals surface area contributed by atoms with E-state index < -0.39 is 35.6 Å². The van der Waals surface area contributed by atoms with E-state index in [1.54, 1.807) is 19.1 Å². The number of rotatable bonds is 4. The van der Waals surface area contributed by atoms with Crippen LogP contribution in [0.3, 0.4) is 0 Å². The van der Waals surface area contributed by atoms with E-state index in [9.17, 15) is 22.4 Å². The van der Waals surface area contributed by atoms with Crippen LogP contribution in [0.2, 0.25) is 0 Å². The lowest BCUT2D eigenvalue weighted by Crippen LogP contribution is -2.23. The first kappa shape index (κ1) is 20.1. The Bertz CT molecular complexity index is 1170. The molecule has 0 saturated carbocycles. The molecule has 0 bridgehead atoms. The Labute approximate surface area is 162 Å². The zero-order valence-corrected chi connectivity index (χ0v) is 15.3. The van der Waals surface area contributed by atoms with Crippen molar-refractivity contribution in [2.24, 2.45) is 7.05 Å². The molecule has 150 valence electrons. The molecule has 3 aromatic rings. The molecule has 0 fully saturated rings. The molecule has 10 heteroatoms. The fraction of sp³-hybridized carbons (Fsp3) is 0.211. The molecule has 0 aliphatic carbocycles. The number of hydrogen-bond acceptors (Lipinski definition) is 4. The molecule has 0 radical (unpaired) electrons. The Morgan fingerprint density at radius 3 is 2.55 bits per heavy atom. The second-order valence-corrected chi connectivity index (χ2v) is 5.90. The number of halogens is 4. The molecule has 6 nitrogen and oxygen atoms in total. The Hall–Kier alpha value is -3.61. The van der Waals surface area contributed by atoms with Gasteiger partial charge in [-0.3, -0.25) is 0 Å². The summed E-state index contributed by atoms with van der Waals surface area (Å²) in [5.41, 5.74) is -0.701. The summed E-state index contributed by atoms with van der Waals surface area (Å²) in [5, 5.41) is 7.37. The van der Waals surface area contributed by atoms with Gasteiger partial charge in [-0.2, -0.15) is 22.5 Å². The molecule has 0 unspecified atom stereocenters. The van der Waals surface area contributed by atoms with Crippen molar-refractivity contribution in [2.75, 3.05) is 0 Å². The average Bonchev–Trinajstić information content (AvgIpc) is 2.98. The van der Waals surface area contributed by atoms with Crippen LogP contribution in [0.15, 0.2) is 41.2 Å². The summed E-state index contributed by atoms with van der Waals surface area (Å²) in [6.45, 7) is 1.18. The van der Waals surface area contributed by atoms with Gasteiger partial charge < -0.3 is 4.74 Å². The van der Waals surface area contributed by atoms with Crippen molar-refractivity contribution in [3.63, 3.8) is 0 Å². The van der Waals surface area contributed by atoms with Gasteiger partial charge in [-0.1, -0.05) is 12.0 Å². The number of alkyl halides is 3. The lowest BCUT2D eigenvalue weighted by Gasteiger charge is -2.16. The van der Waals surface area contributed by atoms with Crippen molar-refractivity contribution in [1.29, 1.82) is 0 Å². The number of ether oxygens (including phenoxy) is 1. The summed E-state index contributed by atoms with van der Waals surface area (Å²) in [7, 11) is 1.40. The van der Waals surface area contributed by atoms with E-state index in [-0.39, 0.29) is 5.69 Å². The maximum absolute atomic E-state index is 13.5. The first-order chi connectivity index (χ1) is 13.7. The van der Waals surface area contributed by atoms with Crippen molar-refractivity contribution in [3.05, 3.63) is 69.4 Å². The summed E-state index contributed by atoms with van der Waals surface area (Å²) in [6.07, 6.45) is -4.73. The lowest BCUT2D eigenvalue weighted by molar-refractivity contribution is -0.139. The van der Waals surface area contributed by atoms with Gasteiger partial charge in [-0.15, -0.1) is 5.92 Å². The maximum Gasteiger partial charge on any atom is 0.419 e. The third-order valence-corrected chi connectivity index (χ3v) is 3.98. The Morgan fingerprint density at radius 2 is 1.93 bits per heavy atom. The van der Waals surface area contributed by atoms with Crippen molar-refractivity contribution >= 4 is 0 Å². The summed E-state index contributed by atoms with van der Waals surface area (Å²) in [4.78, 5) is 12.2. The fourth-order valence-corrected chi connectivity index (χ4v) is 2.64. The third-order valence-electron chi connectivity index (χ3n) is 3.98. The highest BCUT2D eigenvalue weighted by atomic mass is 19.4. The highest BCUT2D eigenvalue weighted by Gasteiger charge is 2.34. The van der Waals surface area contributed by atoms with Crippen LogP contribution in [0.1, 0.15) is 23.6 Å².